The highest BCUT2D eigenvalue weighted by Crippen LogP contribution is 2.38. The molecule has 1 atom stereocenters. The van der Waals surface area contributed by atoms with Gasteiger partial charge in [0.1, 0.15) is 5.75 Å². The normalized spacial score (nSPS) is 21.2. The second kappa shape index (κ2) is 3.37. The summed E-state index contributed by atoms with van der Waals surface area (Å²) in [5.41, 5.74) is 0.761. The molecule has 2 rings (SSSR count). The maximum atomic E-state index is 9.60. The van der Waals surface area contributed by atoms with Crippen molar-refractivity contribution in [2.24, 2.45) is 0 Å². The van der Waals surface area contributed by atoms with Crippen LogP contribution in [0.2, 0.25) is 10.0 Å². The molecule has 70 valence electrons. The van der Waals surface area contributed by atoms with Gasteiger partial charge >= 0.3 is 0 Å². The van der Waals surface area contributed by atoms with Gasteiger partial charge in [-0.15, -0.1) is 0 Å². The van der Waals surface area contributed by atoms with E-state index in [0.29, 0.717) is 10.0 Å². The molecule has 0 radical (unpaired) electrons. The number of rotatable bonds is 1. The Hall–Kier alpha value is -0.440. The van der Waals surface area contributed by atoms with Crippen molar-refractivity contribution in [1.29, 1.82) is 0 Å². The van der Waals surface area contributed by atoms with Crippen LogP contribution in [0, 0.1) is 0 Å². The molecule has 1 aromatic rings. The van der Waals surface area contributed by atoms with Gasteiger partial charge in [-0.1, -0.05) is 23.2 Å². The van der Waals surface area contributed by atoms with Crippen LogP contribution in [0.5, 0.6) is 5.75 Å². The first-order valence-corrected chi connectivity index (χ1v) is 4.85. The predicted octanol–water partition coefficient (Wildman–Crippen LogP) is 2.73. The van der Waals surface area contributed by atoms with Crippen LogP contribution >= 0.6 is 23.2 Å². The molecule has 4 heteroatoms. The maximum Gasteiger partial charge on any atom is 0.123 e. The molecule has 1 aliphatic rings. The summed E-state index contributed by atoms with van der Waals surface area (Å²) in [6.45, 7) is 0.975. The number of phenolic OH excluding ortho intramolecular Hbond substituents is 1. The quantitative estimate of drug-likeness (QED) is 0.759. The fraction of sp³-hybridized carbons (Fsp3) is 0.333. The summed E-state index contributed by atoms with van der Waals surface area (Å²) in [6.07, 6.45) is 1.01. The maximum absolute atomic E-state index is 9.60. The van der Waals surface area contributed by atoms with Crippen molar-refractivity contribution in [2.45, 2.75) is 12.5 Å². The van der Waals surface area contributed by atoms with Crippen LogP contribution in [-0.2, 0) is 0 Å². The third kappa shape index (κ3) is 1.62. The minimum Gasteiger partial charge on any atom is -0.508 e. The monoisotopic (exact) mass is 217 g/mol. The molecular formula is C9H9Cl2NO. The third-order valence-corrected chi connectivity index (χ3v) is 2.78. The summed E-state index contributed by atoms with van der Waals surface area (Å²) >= 11 is 11.7. The van der Waals surface area contributed by atoms with Gasteiger partial charge in [0.15, 0.2) is 0 Å². The van der Waals surface area contributed by atoms with Crippen LogP contribution in [0.1, 0.15) is 18.0 Å². The van der Waals surface area contributed by atoms with Crippen molar-refractivity contribution in [2.75, 3.05) is 6.54 Å². The topological polar surface area (TPSA) is 32.3 Å². The highest BCUT2D eigenvalue weighted by atomic mass is 35.5. The van der Waals surface area contributed by atoms with Gasteiger partial charge < -0.3 is 10.4 Å². The Morgan fingerprint density at radius 2 is 2.08 bits per heavy atom. The lowest BCUT2D eigenvalue weighted by molar-refractivity contribution is 0.365. The Balaban J connectivity index is 2.43. The summed E-state index contributed by atoms with van der Waals surface area (Å²) in [5.74, 6) is 0.176. The van der Waals surface area contributed by atoms with Gasteiger partial charge in [-0.05, 0) is 25.1 Å². The first kappa shape index (κ1) is 9.13. The molecule has 0 bridgehead atoms. The minimum atomic E-state index is 0.176. The Bertz CT molecular complexity index is 313. The number of benzene rings is 1. The van der Waals surface area contributed by atoms with Crippen LogP contribution in [-0.4, -0.2) is 11.7 Å². The van der Waals surface area contributed by atoms with Gasteiger partial charge in [0, 0.05) is 16.6 Å². The smallest absolute Gasteiger partial charge is 0.123 e. The molecule has 2 nitrogen and oxygen atoms in total. The van der Waals surface area contributed by atoms with E-state index >= 15 is 0 Å². The third-order valence-electron chi connectivity index (χ3n) is 2.24. The molecule has 0 saturated carbocycles. The lowest BCUT2D eigenvalue weighted by Gasteiger charge is -2.29. The van der Waals surface area contributed by atoms with E-state index in [-0.39, 0.29) is 11.8 Å². The fourth-order valence-corrected chi connectivity index (χ4v) is 2.07. The Morgan fingerprint density at radius 1 is 1.38 bits per heavy atom. The van der Waals surface area contributed by atoms with Crippen molar-refractivity contribution in [1.82, 2.24) is 5.32 Å². The lowest BCUT2D eigenvalue weighted by atomic mass is 9.97. The molecule has 0 aliphatic carbocycles. The highest BCUT2D eigenvalue weighted by Gasteiger charge is 2.24. The second-order valence-corrected chi connectivity index (χ2v) is 3.96. The molecule has 1 saturated heterocycles. The zero-order valence-electron chi connectivity index (χ0n) is 6.85. The van der Waals surface area contributed by atoms with Crippen molar-refractivity contribution >= 4 is 23.2 Å². The second-order valence-electron chi connectivity index (χ2n) is 3.12. The van der Waals surface area contributed by atoms with E-state index in [1.807, 2.05) is 0 Å². The van der Waals surface area contributed by atoms with E-state index in [1.165, 1.54) is 6.07 Å². The van der Waals surface area contributed by atoms with Crippen molar-refractivity contribution < 1.29 is 5.11 Å². The summed E-state index contributed by atoms with van der Waals surface area (Å²) in [5, 5.41) is 13.8. The van der Waals surface area contributed by atoms with Gasteiger partial charge in [0.05, 0.1) is 5.02 Å². The first-order chi connectivity index (χ1) is 6.18. The molecular weight excluding hydrogens is 209 g/mol. The Morgan fingerprint density at radius 3 is 2.54 bits per heavy atom. The average Bonchev–Trinajstić information content (AvgIpc) is 1.92. The highest BCUT2D eigenvalue weighted by molar-refractivity contribution is 6.35. The molecule has 13 heavy (non-hydrogen) atoms. The number of aromatic hydroxyl groups is 1. The molecule has 1 aromatic carbocycles. The van der Waals surface area contributed by atoms with E-state index in [4.69, 9.17) is 23.2 Å². The summed E-state index contributed by atoms with van der Waals surface area (Å²) in [7, 11) is 0. The fourth-order valence-electron chi connectivity index (χ4n) is 1.45. The van der Waals surface area contributed by atoms with E-state index < -0.39 is 0 Å². The van der Waals surface area contributed by atoms with Gasteiger partial charge in [-0.2, -0.15) is 0 Å². The van der Waals surface area contributed by atoms with Crippen LogP contribution in [0.4, 0.5) is 0 Å². The van der Waals surface area contributed by atoms with Crippen LogP contribution in [0.25, 0.3) is 0 Å². The minimum absolute atomic E-state index is 0.176. The Labute approximate surface area is 86.5 Å². The summed E-state index contributed by atoms with van der Waals surface area (Å²) in [4.78, 5) is 0. The zero-order valence-corrected chi connectivity index (χ0v) is 8.36. The van der Waals surface area contributed by atoms with Crippen molar-refractivity contribution in [3.63, 3.8) is 0 Å². The largest absolute Gasteiger partial charge is 0.508 e. The van der Waals surface area contributed by atoms with Crippen LogP contribution < -0.4 is 5.32 Å². The number of hydrogen-bond donors (Lipinski definition) is 2. The van der Waals surface area contributed by atoms with Crippen LogP contribution in [0.3, 0.4) is 0 Å². The van der Waals surface area contributed by atoms with E-state index in [9.17, 15) is 5.11 Å². The molecule has 0 unspecified atom stereocenters. The molecule has 1 fully saturated rings. The molecule has 2 N–H and O–H groups in total. The zero-order chi connectivity index (χ0) is 9.42. The van der Waals surface area contributed by atoms with E-state index in [0.717, 1.165) is 18.5 Å². The van der Waals surface area contributed by atoms with Crippen molar-refractivity contribution in [3.8, 4) is 5.75 Å². The lowest BCUT2D eigenvalue weighted by Crippen LogP contribution is -2.35. The number of phenols is 1. The van der Waals surface area contributed by atoms with Gasteiger partial charge in [-0.25, -0.2) is 0 Å². The van der Waals surface area contributed by atoms with Crippen molar-refractivity contribution in [3.05, 3.63) is 27.7 Å². The average molecular weight is 218 g/mol. The van der Waals surface area contributed by atoms with Gasteiger partial charge in [-0.3, -0.25) is 0 Å². The first-order valence-electron chi connectivity index (χ1n) is 4.10. The molecule has 1 aliphatic heterocycles. The van der Waals surface area contributed by atoms with Gasteiger partial charge in [0.25, 0.3) is 0 Å². The molecule has 0 aromatic heterocycles. The van der Waals surface area contributed by atoms with Gasteiger partial charge in [0.2, 0.25) is 0 Å². The number of halogens is 2. The SMILES string of the molecule is Oc1cc(Cl)cc(Cl)c1[C@@H]1CCN1. The van der Waals surface area contributed by atoms with E-state index in [1.54, 1.807) is 6.07 Å². The molecule has 1 heterocycles. The summed E-state index contributed by atoms with van der Waals surface area (Å²) < 4.78 is 0. The summed E-state index contributed by atoms with van der Waals surface area (Å²) in [6, 6.07) is 3.35. The Kier molecular flexibility index (Phi) is 2.37. The molecule has 0 amide bonds. The standard InChI is InChI=1S/C9H9Cl2NO/c10-5-3-6(11)9(8(13)4-5)7-1-2-12-7/h3-4,7,12-13H,1-2H2/t7-/m0/s1. The molecule has 0 spiro atoms. The predicted molar refractivity (Wildman–Crippen MR) is 53.5 cm³/mol. The van der Waals surface area contributed by atoms with E-state index in [2.05, 4.69) is 5.32 Å². The number of nitrogens with one attached hydrogen (secondary N) is 1. The van der Waals surface area contributed by atoms with Crippen LogP contribution in [0.15, 0.2) is 12.1 Å². The number of hydrogen-bond acceptors (Lipinski definition) is 2.